The van der Waals surface area contributed by atoms with Crippen molar-refractivity contribution in [2.75, 3.05) is 0 Å². The van der Waals surface area contributed by atoms with E-state index in [1.807, 2.05) is 0 Å². The molecule has 0 aromatic rings. The second-order valence-electron chi connectivity index (χ2n) is 6.22. The van der Waals surface area contributed by atoms with Gasteiger partial charge in [-0.15, -0.1) is 0 Å². The molecule has 18 heavy (non-hydrogen) atoms. The van der Waals surface area contributed by atoms with Crippen LogP contribution in [0.2, 0.25) is 0 Å². The highest BCUT2D eigenvalue weighted by Crippen LogP contribution is 2.28. The van der Waals surface area contributed by atoms with Crippen molar-refractivity contribution in [1.29, 1.82) is 0 Å². The van der Waals surface area contributed by atoms with Gasteiger partial charge in [-0.1, -0.05) is 105 Å². The van der Waals surface area contributed by atoms with E-state index in [0.29, 0.717) is 0 Å². The van der Waals surface area contributed by atoms with E-state index < -0.39 is 0 Å². The van der Waals surface area contributed by atoms with Crippen molar-refractivity contribution >= 4 is 0 Å². The maximum Gasteiger partial charge on any atom is -0.0388 e. The third-order valence-corrected chi connectivity index (χ3v) is 4.42. The largest absolute Gasteiger partial charge is 0.0654 e. The van der Waals surface area contributed by atoms with Gasteiger partial charge >= 0.3 is 0 Å². The van der Waals surface area contributed by atoms with Crippen LogP contribution in [0.1, 0.15) is 105 Å². The standard InChI is InChI=1S/C18H38/c1-5-8-11-12-13-14-17(4)18(15-9-6-2)16-10-7-3/h17-18H,5-16H2,1-4H3. The zero-order chi connectivity index (χ0) is 13.6. The number of hydrogen-bond acceptors (Lipinski definition) is 0. The average Bonchev–Trinajstić information content (AvgIpc) is 2.38. The summed E-state index contributed by atoms with van der Waals surface area (Å²) in [6, 6.07) is 0. The zero-order valence-electron chi connectivity index (χ0n) is 13.6. The van der Waals surface area contributed by atoms with Gasteiger partial charge in [-0.05, 0) is 11.8 Å². The van der Waals surface area contributed by atoms with Crippen LogP contribution in [0, 0.1) is 11.8 Å². The van der Waals surface area contributed by atoms with E-state index in [4.69, 9.17) is 0 Å². The molecule has 0 bridgehead atoms. The predicted molar refractivity (Wildman–Crippen MR) is 85.1 cm³/mol. The van der Waals surface area contributed by atoms with Crippen LogP contribution < -0.4 is 0 Å². The second-order valence-corrected chi connectivity index (χ2v) is 6.22. The molecule has 0 rings (SSSR count). The number of hydrogen-bond donors (Lipinski definition) is 0. The average molecular weight is 255 g/mol. The first-order chi connectivity index (χ1) is 8.76. The molecule has 0 nitrogen and oxygen atoms in total. The van der Waals surface area contributed by atoms with E-state index in [9.17, 15) is 0 Å². The zero-order valence-corrected chi connectivity index (χ0v) is 13.6. The maximum atomic E-state index is 2.51. The fourth-order valence-electron chi connectivity index (χ4n) is 2.95. The highest BCUT2D eigenvalue weighted by atomic mass is 14.2. The second kappa shape index (κ2) is 13.4. The molecule has 0 aliphatic heterocycles. The molecule has 0 heterocycles. The van der Waals surface area contributed by atoms with E-state index >= 15 is 0 Å². The van der Waals surface area contributed by atoms with Gasteiger partial charge in [-0.25, -0.2) is 0 Å². The molecule has 0 radical (unpaired) electrons. The molecular weight excluding hydrogens is 216 g/mol. The summed E-state index contributed by atoms with van der Waals surface area (Å²) in [6.45, 7) is 9.46. The van der Waals surface area contributed by atoms with Gasteiger partial charge in [0.05, 0.1) is 0 Å². The summed E-state index contributed by atoms with van der Waals surface area (Å²) in [7, 11) is 0. The Labute approximate surface area is 117 Å². The van der Waals surface area contributed by atoms with Gasteiger partial charge in [-0.2, -0.15) is 0 Å². The fraction of sp³-hybridized carbons (Fsp3) is 1.00. The van der Waals surface area contributed by atoms with Crippen LogP contribution in [0.15, 0.2) is 0 Å². The minimum atomic E-state index is 0.963. The molecule has 0 saturated heterocycles. The highest BCUT2D eigenvalue weighted by Gasteiger charge is 2.15. The van der Waals surface area contributed by atoms with Crippen molar-refractivity contribution in [1.82, 2.24) is 0 Å². The Balaban J connectivity index is 3.76. The Morgan fingerprint density at radius 3 is 1.56 bits per heavy atom. The summed E-state index contributed by atoms with van der Waals surface area (Å²) in [5, 5.41) is 0. The van der Waals surface area contributed by atoms with Gasteiger partial charge in [0, 0.05) is 0 Å². The quantitative estimate of drug-likeness (QED) is 0.311. The van der Waals surface area contributed by atoms with E-state index in [1.165, 1.54) is 77.0 Å². The number of rotatable bonds is 13. The van der Waals surface area contributed by atoms with Gasteiger partial charge in [0.15, 0.2) is 0 Å². The third-order valence-electron chi connectivity index (χ3n) is 4.42. The highest BCUT2D eigenvalue weighted by molar-refractivity contribution is 4.67. The molecule has 0 spiro atoms. The summed E-state index contributed by atoms with van der Waals surface area (Å²) in [5.41, 5.74) is 0. The van der Waals surface area contributed by atoms with Gasteiger partial charge < -0.3 is 0 Å². The molecule has 110 valence electrons. The lowest BCUT2D eigenvalue weighted by Gasteiger charge is -2.24. The Hall–Kier alpha value is 0. The third kappa shape index (κ3) is 9.97. The van der Waals surface area contributed by atoms with Gasteiger partial charge in [-0.3, -0.25) is 0 Å². The Morgan fingerprint density at radius 1 is 0.556 bits per heavy atom. The van der Waals surface area contributed by atoms with Gasteiger partial charge in [0.2, 0.25) is 0 Å². The minimum Gasteiger partial charge on any atom is -0.0654 e. The first-order valence-corrected chi connectivity index (χ1v) is 8.76. The van der Waals surface area contributed by atoms with Crippen molar-refractivity contribution in [3.05, 3.63) is 0 Å². The first kappa shape index (κ1) is 18.0. The molecule has 0 aliphatic carbocycles. The van der Waals surface area contributed by atoms with Crippen LogP contribution in [-0.2, 0) is 0 Å². The molecule has 1 atom stereocenters. The lowest BCUT2D eigenvalue weighted by atomic mass is 9.82. The molecule has 0 fully saturated rings. The summed E-state index contributed by atoms with van der Waals surface area (Å²) in [4.78, 5) is 0. The lowest BCUT2D eigenvalue weighted by molar-refractivity contribution is 0.279. The van der Waals surface area contributed by atoms with Crippen LogP contribution in [0.3, 0.4) is 0 Å². The van der Waals surface area contributed by atoms with Crippen molar-refractivity contribution < 1.29 is 0 Å². The molecule has 0 aliphatic rings. The van der Waals surface area contributed by atoms with Crippen LogP contribution >= 0.6 is 0 Å². The SMILES string of the molecule is CCCCCCCC(C)C(CCCC)CCCC. The summed E-state index contributed by atoms with van der Waals surface area (Å²) >= 11 is 0. The van der Waals surface area contributed by atoms with Crippen LogP contribution in [0.4, 0.5) is 0 Å². The van der Waals surface area contributed by atoms with E-state index in [-0.39, 0.29) is 0 Å². The van der Waals surface area contributed by atoms with Crippen molar-refractivity contribution in [2.24, 2.45) is 11.8 Å². The topological polar surface area (TPSA) is 0 Å². The molecule has 0 saturated carbocycles. The van der Waals surface area contributed by atoms with Crippen molar-refractivity contribution in [2.45, 2.75) is 105 Å². The predicted octanol–water partition coefficient (Wildman–Crippen LogP) is 6.98. The van der Waals surface area contributed by atoms with Crippen LogP contribution in [0.25, 0.3) is 0 Å². The van der Waals surface area contributed by atoms with Crippen LogP contribution in [-0.4, -0.2) is 0 Å². The minimum absolute atomic E-state index is 0.963. The molecular formula is C18H38. The molecule has 1 unspecified atom stereocenters. The first-order valence-electron chi connectivity index (χ1n) is 8.76. The maximum absolute atomic E-state index is 2.51. The molecule has 0 aromatic carbocycles. The lowest BCUT2D eigenvalue weighted by Crippen LogP contribution is -2.12. The molecule has 0 aromatic heterocycles. The molecule has 0 heteroatoms. The van der Waals surface area contributed by atoms with Gasteiger partial charge in [0.1, 0.15) is 0 Å². The summed E-state index contributed by atoms with van der Waals surface area (Å²) < 4.78 is 0. The Morgan fingerprint density at radius 2 is 1.06 bits per heavy atom. The fourth-order valence-corrected chi connectivity index (χ4v) is 2.95. The molecule has 0 N–H and O–H groups in total. The smallest absolute Gasteiger partial charge is 0.0388 e. The Kier molecular flexibility index (Phi) is 13.4. The number of unbranched alkanes of at least 4 members (excludes halogenated alkanes) is 6. The van der Waals surface area contributed by atoms with E-state index in [1.54, 1.807) is 0 Å². The Bertz CT molecular complexity index is 142. The van der Waals surface area contributed by atoms with E-state index in [2.05, 4.69) is 27.7 Å². The monoisotopic (exact) mass is 254 g/mol. The van der Waals surface area contributed by atoms with Crippen molar-refractivity contribution in [3.8, 4) is 0 Å². The van der Waals surface area contributed by atoms with Crippen molar-refractivity contribution in [3.63, 3.8) is 0 Å². The summed E-state index contributed by atoms with van der Waals surface area (Å²) in [5.74, 6) is 1.97. The van der Waals surface area contributed by atoms with Gasteiger partial charge in [0.25, 0.3) is 0 Å². The van der Waals surface area contributed by atoms with Crippen LogP contribution in [0.5, 0.6) is 0 Å². The normalized spacial score (nSPS) is 13.2. The van der Waals surface area contributed by atoms with E-state index in [0.717, 1.165) is 11.8 Å². The molecule has 0 amide bonds. The summed E-state index contributed by atoms with van der Waals surface area (Å²) in [6.07, 6.45) is 17.2.